The summed E-state index contributed by atoms with van der Waals surface area (Å²) in [5.41, 5.74) is 0.775. The van der Waals surface area contributed by atoms with Crippen LogP contribution in [0.1, 0.15) is 5.56 Å². The molecule has 0 saturated heterocycles. The zero-order valence-corrected chi connectivity index (χ0v) is 8.31. The Hall–Kier alpha value is -2.36. The van der Waals surface area contributed by atoms with Crippen LogP contribution in [0.5, 0.6) is 0 Å². The molecule has 80 valence electrons. The van der Waals surface area contributed by atoms with Gasteiger partial charge in [0.2, 0.25) is 0 Å². The van der Waals surface area contributed by atoms with Crippen molar-refractivity contribution in [2.45, 2.75) is 0 Å². The summed E-state index contributed by atoms with van der Waals surface area (Å²) in [6.07, 6.45) is 2.23. The van der Waals surface area contributed by atoms with E-state index in [2.05, 4.69) is 4.98 Å². The summed E-state index contributed by atoms with van der Waals surface area (Å²) in [5.74, 6) is -1.08. The van der Waals surface area contributed by atoms with E-state index in [0.717, 1.165) is 17.0 Å². The normalized spacial score (nSPS) is 11.0. The standard InChI is InChI=1S/C12H9NO3/c14-11(15)6-5-9-7-8-3-1-2-4-10(8)13-12(9)16/h1-7H,(H,13,16)(H,14,15)/b6-5+. The van der Waals surface area contributed by atoms with Gasteiger partial charge < -0.3 is 10.1 Å². The molecule has 0 aliphatic rings. The van der Waals surface area contributed by atoms with E-state index in [1.165, 1.54) is 6.08 Å². The van der Waals surface area contributed by atoms with E-state index < -0.39 is 5.97 Å². The first-order chi connectivity index (χ1) is 7.66. The lowest BCUT2D eigenvalue weighted by Crippen LogP contribution is -2.08. The summed E-state index contributed by atoms with van der Waals surface area (Å²) < 4.78 is 0. The number of aromatic amines is 1. The number of aliphatic carboxylic acids is 1. The molecule has 1 heterocycles. The molecule has 4 nitrogen and oxygen atoms in total. The van der Waals surface area contributed by atoms with Crippen LogP contribution in [0, 0.1) is 0 Å². The minimum Gasteiger partial charge on any atom is -0.478 e. The monoisotopic (exact) mass is 215 g/mol. The van der Waals surface area contributed by atoms with Gasteiger partial charge in [-0.15, -0.1) is 0 Å². The first kappa shape index (κ1) is 10.2. The third-order valence-corrected chi connectivity index (χ3v) is 2.19. The van der Waals surface area contributed by atoms with E-state index in [1.54, 1.807) is 12.1 Å². The van der Waals surface area contributed by atoms with Gasteiger partial charge in [-0.3, -0.25) is 4.79 Å². The van der Waals surface area contributed by atoms with Crippen LogP contribution in [0.4, 0.5) is 0 Å². The van der Waals surface area contributed by atoms with Gasteiger partial charge in [-0.1, -0.05) is 18.2 Å². The molecule has 0 bridgehead atoms. The molecule has 0 aliphatic carbocycles. The number of rotatable bonds is 2. The Kier molecular flexibility index (Phi) is 2.55. The zero-order chi connectivity index (χ0) is 11.5. The number of hydrogen-bond acceptors (Lipinski definition) is 2. The van der Waals surface area contributed by atoms with E-state index in [4.69, 9.17) is 5.11 Å². The number of pyridine rings is 1. The van der Waals surface area contributed by atoms with Crippen LogP contribution in [0.3, 0.4) is 0 Å². The van der Waals surface area contributed by atoms with Crippen molar-refractivity contribution >= 4 is 22.9 Å². The highest BCUT2D eigenvalue weighted by Crippen LogP contribution is 2.10. The van der Waals surface area contributed by atoms with Crippen LogP contribution >= 0.6 is 0 Å². The SMILES string of the molecule is O=C(O)/C=C/c1cc2ccccc2[nH]c1=O. The van der Waals surface area contributed by atoms with Crippen molar-refractivity contribution in [3.63, 3.8) is 0 Å². The van der Waals surface area contributed by atoms with Gasteiger partial charge in [0.25, 0.3) is 5.56 Å². The fourth-order valence-electron chi connectivity index (χ4n) is 1.45. The number of carboxylic acids is 1. The summed E-state index contributed by atoms with van der Waals surface area (Å²) in [5, 5.41) is 9.35. The van der Waals surface area contributed by atoms with Gasteiger partial charge in [-0.25, -0.2) is 4.79 Å². The molecule has 2 N–H and O–H groups in total. The van der Waals surface area contributed by atoms with Crippen molar-refractivity contribution in [2.24, 2.45) is 0 Å². The number of para-hydroxylation sites is 1. The lowest BCUT2D eigenvalue weighted by Gasteiger charge is -1.98. The maximum atomic E-state index is 11.5. The van der Waals surface area contributed by atoms with E-state index >= 15 is 0 Å². The topological polar surface area (TPSA) is 70.2 Å². The van der Waals surface area contributed by atoms with Crippen molar-refractivity contribution in [3.8, 4) is 0 Å². The fourth-order valence-corrected chi connectivity index (χ4v) is 1.45. The lowest BCUT2D eigenvalue weighted by molar-refractivity contribution is -0.131. The summed E-state index contributed by atoms with van der Waals surface area (Å²) in [6.45, 7) is 0. The number of H-pyrrole nitrogens is 1. The molecule has 2 rings (SSSR count). The minimum absolute atomic E-state index is 0.295. The third kappa shape index (κ3) is 2.00. The summed E-state index contributed by atoms with van der Waals surface area (Å²) >= 11 is 0. The average molecular weight is 215 g/mol. The molecule has 0 aliphatic heterocycles. The van der Waals surface area contributed by atoms with E-state index in [0.29, 0.717) is 5.56 Å². The van der Waals surface area contributed by atoms with Crippen molar-refractivity contribution in [3.05, 3.63) is 52.3 Å². The predicted octanol–water partition coefficient (Wildman–Crippen LogP) is 1.63. The largest absolute Gasteiger partial charge is 0.478 e. The molecule has 2 aromatic rings. The number of aromatic nitrogens is 1. The van der Waals surface area contributed by atoms with Gasteiger partial charge in [0, 0.05) is 17.2 Å². The van der Waals surface area contributed by atoms with Gasteiger partial charge in [0.15, 0.2) is 0 Å². The minimum atomic E-state index is -1.08. The van der Waals surface area contributed by atoms with Gasteiger partial charge in [-0.2, -0.15) is 0 Å². The molecule has 0 saturated carbocycles. The van der Waals surface area contributed by atoms with Gasteiger partial charge in [0.1, 0.15) is 0 Å². The van der Waals surface area contributed by atoms with Crippen LogP contribution in [0.2, 0.25) is 0 Å². The Morgan fingerprint density at radius 1 is 1.31 bits per heavy atom. The van der Waals surface area contributed by atoms with Gasteiger partial charge >= 0.3 is 5.97 Å². The summed E-state index contributed by atoms with van der Waals surface area (Å²) in [4.78, 5) is 24.6. The molecule has 0 fully saturated rings. The predicted molar refractivity (Wildman–Crippen MR) is 61.2 cm³/mol. The number of hydrogen-bond donors (Lipinski definition) is 2. The first-order valence-corrected chi connectivity index (χ1v) is 4.70. The average Bonchev–Trinajstić information content (AvgIpc) is 2.26. The summed E-state index contributed by atoms with van der Waals surface area (Å²) in [6, 6.07) is 8.98. The Bertz CT molecular complexity index is 625. The second-order valence-electron chi connectivity index (χ2n) is 3.31. The molecule has 0 atom stereocenters. The Labute approximate surface area is 90.9 Å². The number of benzene rings is 1. The Balaban J connectivity index is 2.59. The van der Waals surface area contributed by atoms with E-state index in [1.807, 2.05) is 18.2 Å². The van der Waals surface area contributed by atoms with Crippen LogP contribution in [0.15, 0.2) is 41.2 Å². The highest BCUT2D eigenvalue weighted by Gasteiger charge is 1.99. The van der Waals surface area contributed by atoms with Crippen molar-refractivity contribution < 1.29 is 9.90 Å². The number of carboxylic acid groups (broad SMARTS) is 1. The van der Waals surface area contributed by atoms with Crippen LogP contribution in [-0.2, 0) is 4.79 Å². The van der Waals surface area contributed by atoms with E-state index in [9.17, 15) is 9.59 Å². The molecule has 0 amide bonds. The summed E-state index contributed by atoms with van der Waals surface area (Å²) in [7, 11) is 0. The highest BCUT2D eigenvalue weighted by molar-refractivity contribution is 5.87. The number of nitrogens with one attached hydrogen (secondary N) is 1. The lowest BCUT2D eigenvalue weighted by atomic mass is 10.1. The van der Waals surface area contributed by atoms with Crippen molar-refractivity contribution in [1.29, 1.82) is 0 Å². The molecular weight excluding hydrogens is 206 g/mol. The van der Waals surface area contributed by atoms with E-state index in [-0.39, 0.29) is 5.56 Å². The Morgan fingerprint density at radius 3 is 2.81 bits per heavy atom. The molecule has 1 aromatic carbocycles. The molecule has 4 heteroatoms. The molecule has 16 heavy (non-hydrogen) atoms. The van der Waals surface area contributed by atoms with Gasteiger partial charge in [0.05, 0.1) is 0 Å². The van der Waals surface area contributed by atoms with Crippen molar-refractivity contribution in [1.82, 2.24) is 4.98 Å². The fraction of sp³-hybridized carbons (Fsp3) is 0. The quantitative estimate of drug-likeness (QED) is 0.748. The maximum absolute atomic E-state index is 11.5. The third-order valence-electron chi connectivity index (χ3n) is 2.19. The first-order valence-electron chi connectivity index (χ1n) is 4.70. The molecular formula is C12H9NO3. The molecule has 0 spiro atoms. The van der Waals surface area contributed by atoms with Crippen LogP contribution in [0.25, 0.3) is 17.0 Å². The molecule has 1 aromatic heterocycles. The molecule has 0 unspecified atom stereocenters. The Morgan fingerprint density at radius 2 is 2.06 bits per heavy atom. The van der Waals surface area contributed by atoms with Gasteiger partial charge in [-0.05, 0) is 23.6 Å². The number of carbonyl (C=O) groups is 1. The van der Waals surface area contributed by atoms with Crippen LogP contribution in [-0.4, -0.2) is 16.1 Å². The van der Waals surface area contributed by atoms with Crippen LogP contribution < -0.4 is 5.56 Å². The second kappa shape index (κ2) is 4.02. The van der Waals surface area contributed by atoms with Crippen molar-refractivity contribution in [2.75, 3.05) is 0 Å². The second-order valence-corrected chi connectivity index (χ2v) is 3.31. The maximum Gasteiger partial charge on any atom is 0.328 e. The highest BCUT2D eigenvalue weighted by atomic mass is 16.4. The number of fused-ring (bicyclic) bond motifs is 1. The zero-order valence-electron chi connectivity index (χ0n) is 8.31. The molecule has 0 radical (unpaired) electrons. The smallest absolute Gasteiger partial charge is 0.328 e.